The van der Waals surface area contributed by atoms with Gasteiger partial charge in [-0.1, -0.05) is 18.2 Å². The van der Waals surface area contributed by atoms with Crippen molar-refractivity contribution >= 4 is 40.1 Å². The van der Waals surface area contributed by atoms with Crippen LogP contribution >= 0.6 is 11.3 Å². The van der Waals surface area contributed by atoms with Crippen molar-refractivity contribution in [2.75, 3.05) is 10.2 Å². The summed E-state index contributed by atoms with van der Waals surface area (Å²) in [7, 11) is 0. The molecule has 31 heavy (non-hydrogen) atoms. The van der Waals surface area contributed by atoms with Crippen LogP contribution in [0.4, 0.5) is 11.4 Å². The van der Waals surface area contributed by atoms with E-state index >= 15 is 0 Å². The number of imide groups is 1. The first-order chi connectivity index (χ1) is 14.8. The summed E-state index contributed by atoms with van der Waals surface area (Å²) in [6, 6.07) is 16.8. The van der Waals surface area contributed by atoms with Gasteiger partial charge in [-0.15, -0.1) is 11.3 Å². The van der Waals surface area contributed by atoms with E-state index in [9.17, 15) is 9.59 Å². The molecule has 3 aromatic rings. The van der Waals surface area contributed by atoms with Gasteiger partial charge >= 0.3 is 0 Å². The Kier molecular flexibility index (Phi) is 5.65. The number of nitrogens with zero attached hydrogens (tertiary/aromatic N) is 1. The minimum absolute atomic E-state index is 0.0429. The van der Waals surface area contributed by atoms with Crippen LogP contribution in [0, 0.1) is 13.8 Å². The van der Waals surface area contributed by atoms with E-state index in [4.69, 9.17) is 4.74 Å². The third-order valence-electron chi connectivity index (χ3n) is 4.97. The molecule has 0 aliphatic carbocycles. The Bertz CT molecular complexity index is 1160. The third-order valence-corrected chi connectivity index (χ3v) is 5.86. The Morgan fingerprint density at radius 1 is 0.968 bits per heavy atom. The van der Waals surface area contributed by atoms with Gasteiger partial charge in [0.15, 0.2) is 0 Å². The lowest BCUT2D eigenvalue weighted by Gasteiger charge is -2.17. The number of carbonyl (C=O) groups excluding carboxylic acids is 2. The molecule has 5 nitrogen and oxygen atoms in total. The molecule has 4 rings (SSSR count). The van der Waals surface area contributed by atoms with E-state index in [1.165, 1.54) is 16.2 Å². The maximum atomic E-state index is 13.4. The fourth-order valence-electron chi connectivity index (χ4n) is 3.48. The molecule has 0 saturated carbocycles. The summed E-state index contributed by atoms with van der Waals surface area (Å²) < 4.78 is 5.68. The number of benzene rings is 2. The monoisotopic (exact) mass is 432 g/mol. The fraction of sp³-hybridized carbons (Fsp3) is 0.200. The van der Waals surface area contributed by atoms with Crippen molar-refractivity contribution in [2.24, 2.45) is 0 Å². The second-order valence-corrected chi connectivity index (χ2v) is 8.72. The molecule has 2 amide bonds. The van der Waals surface area contributed by atoms with E-state index in [1.54, 1.807) is 24.3 Å². The molecule has 1 N–H and O–H groups in total. The molecule has 2 aromatic carbocycles. The summed E-state index contributed by atoms with van der Waals surface area (Å²) >= 11 is 1.44. The standard InChI is InChI=1S/C25H24N2O3S/c1-15(2)30-19-11-9-18(10-12-19)27-24(28)22(21-6-5-13-31-21)23(25(27)29)26-20-14-16(3)7-8-17(20)4/h5-15,26H,1-4H3. The Balaban J connectivity index is 1.73. The summed E-state index contributed by atoms with van der Waals surface area (Å²) in [5.41, 5.74) is 4.08. The first-order valence-electron chi connectivity index (χ1n) is 10.1. The first kappa shape index (κ1) is 20.9. The predicted molar refractivity (Wildman–Crippen MR) is 125 cm³/mol. The van der Waals surface area contributed by atoms with Gasteiger partial charge in [0.1, 0.15) is 11.4 Å². The van der Waals surface area contributed by atoms with E-state index in [0.29, 0.717) is 22.7 Å². The molecule has 0 unspecified atom stereocenters. The van der Waals surface area contributed by atoms with Gasteiger partial charge in [0, 0.05) is 10.6 Å². The summed E-state index contributed by atoms with van der Waals surface area (Å²) in [5, 5.41) is 5.15. The second-order valence-electron chi connectivity index (χ2n) is 7.78. The molecule has 6 heteroatoms. The predicted octanol–water partition coefficient (Wildman–Crippen LogP) is 5.55. The first-order valence-corrected chi connectivity index (χ1v) is 11.0. The van der Waals surface area contributed by atoms with Gasteiger partial charge in [-0.3, -0.25) is 9.59 Å². The maximum Gasteiger partial charge on any atom is 0.282 e. The SMILES string of the molecule is Cc1ccc(C)c(NC2=C(c3cccs3)C(=O)N(c3ccc(OC(C)C)cc3)C2=O)c1. The molecule has 1 aliphatic heterocycles. The highest BCUT2D eigenvalue weighted by atomic mass is 32.1. The highest BCUT2D eigenvalue weighted by Gasteiger charge is 2.40. The molecule has 1 aromatic heterocycles. The van der Waals surface area contributed by atoms with Gasteiger partial charge in [-0.05, 0) is 80.6 Å². The number of thiophene rings is 1. The average molecular weight is 433 g/mol. The zero-order valence-corrected chi connectivity index (χ0v) is 18.7. The number of rotatable bonds is 6. The van der Waals surface area contributed by atoms with Crippen LogP contribution in [-0.2, 0) is 9.59 Å². The van der Waals surface area contributed by atoms with Gasteiger partial charge < -0.3 is 10.1 Å². The van der Waals surface area contributed by atoms with Gasteiger partial charge in [0.25, 0.3) is 11.8 Å². The summed E-state index contributed by atoms with van der Waals surface area (Å²) in [5.74, 6) is -0.0114. The summed E-state index contributed by atoms with van der Waals surface area (Å²) in [6.07, 6.45) is 0.0429. The Labute approximate surface area is 186 Å². The molecule has 0 bridgehead atoms. The van der Waals surface area contributed by atoms with Crippen LogP contribution in [-0.4, -0.2) is 17.9 Å². The van der Waals surface area contributed by atoms with Crippen LogP contribution in [0.25, 0.3) is 5.57 Å². The van der Waals surface area contributed by atoms with Crippen LogP contribution in [0.3, 0.4) is 0 Å². The van der Waals surface area contributed by atoms with E-state index in [0.717, 1.165) is 21.7 Å². The van der Waals surface area contributed by atoms with E-state index in [-0.39, 0.29) is 17.9 Å². The van der Waals surface area contributed by atoms with Crippen molar-refractivity contribution in [1.82, 2.24) is 0 Å². The smallest absolute Gasteiger partial charge is 0.282 e. The molecule has 0 saturated heterocycles. The van der Waals surface area contributed by atoms with Crippen LogP contribution in [0.2, 0.25) is 0 Å². The lowest BCUT2D eigenvalue weighted by molar-refractivity contribution is -0.120. The zero-order valence-electron chi connectivity index (χ0n) is 17.9. The number of aryl methyl sites for hydroxylation is 2. The van der Waals surface area contributed by atoms with Crippen LogP contribution in [0.15, 0.2) is 65.7 Å². The maximum absolute atomic E-state index is 13.4. The van der Waals surface area contributed by atoms with Crippen molar-refractivity contribution in [3.63, 3.8) is 0 Å². The van der Waals surface area contributed by atoms with Gasteiger partial charge in [0.05, 0.1) is 17.4 Å². The lowest BCUT2D eigenvalue weighted by atomic mass is 10.1. The molecule has 0 fully saturated rings. The van der Waals surface area contributed by atoms with Crippen molar-refractivity contribution in [3.05, 3.63) is 81.7 Å². The number of amides is 2. The number of hydrogen-bond donors (Lipinski definition) is 1. The molecule has 0 spiro atoms. The van der Waals surface area contributed by atoms with Crippen molar-refractivity contribution in [3.8, 4) is 5.75 Å². The second kappa shape index (κ2) is 8.40. The molecule has 0 radical (unpaired) electrons. The van der Waals surface area contributed by atoms with Gasteiger partial charge in [-0.25, -0.2) is 4.90 Å². The summed E-state index contributed by atoms with van der Waals surface area (Å²) in [6.45, 7) is 7.86. The summed E-state index contributed by atoms with van der Waals surface area (Å²) in [4.78, 5) is 28.8. The van der Waals surface area contributed by atoms with Crippen molar-refractivity contribution in [1.29, 1.82) is 0 Å². The average Bonchev–Trinajstić information content (AvgIpc) is 3.32. The molecular formula is C25H24N2O3S. The molecule has 0 atom stereocenters. The highest BCUT2D eigenvalue weighted by Crippen LogP contribution is 2.36. The minimum atomic E-state index is -0.369. The van der Waals surface area contributed by atoms with Crippen molar-refractivity contribution < 1.29 is 14.3 Å². The molecule has 1 aliphatic rings. The molecular weight excluding hydrogens is 408 g/mol. The zero-order chi connectivity index (χ0) is 22.1. The fourth-order valence-corrected chi connectivity index (χ4v) is 4.25. The van der Waals surface area contributed by atoms with E-state index < -0.39 is 0 Å². The van der Waals surface area contributed by atoms with Crippen LogP contribution in [0.1, 0.15) is 29.9 Å². The molecule has 2 heterocycles. The van der Waals surface area contributed by atoms with Crippen LogP contribution < -0.4 is 15.0 Å². The highest BCUT2D eigenvalue weighted by molar-refractivity contribution is 7.11. The minimum Gasteiger partial charge on any atom is -0.491 e. The van der Waals surface area contributed by atoms with E-state index in [2.05, 4.69) is 5.32 Å². The molecule has 158 valence electrons. The lowest BCUT2D eigenvalue weighted by Crippen LogP contribution is -2.32. The number of ether oxygens (including phenoxy) is 1. The number of hydrogen-bond acceptors (Lipinski definition) is 5. The van der Waals surface area contributed by atoms with Crippen molar-refractivity contribution in [2.45, 2.75) is 33.8 Å². The van der Waals surface area contributed by atoms with Crippen LogP contribution in [0.5, 0.6) is 5.75 Å². The largest absolute Gasteiger partial charge is 0.491 e. The quantitative estimate of drug-likeness (QED) is 0.519. The Hall–Kier alpha value is -3.38. The number of carbonyl (C=O) groups is 2. The van der Waals surface area contributed by atoms with Gasteiger partial charge in [-0.2, -0.15) is 0 Å². The topological polar surface area (TPSA) is 58.6 Å². The third kappa shape index (κ3) is 4.11. The Morgan fingerprint density at radius 2 is 1.71 bits per heavy atom. The number of anilines is 2. The number of nitrogens with one attached hydrogen (secondary N) is 1. The normalized spacial score (nSPS) is 14.0. The van der Waals surface area contributed by atoms with Gasteiger partial charge in [0.2, 0.25) is 0 Å². The van der Waals surface area contributed by atoms with E-state index in [1.807, 2.05) is 63.4 Å². The Morgan fingerprint density at radius 3 is 2.35 bits per heavy atom.